The van der Waals surface area contributed by atoms with Gasteiger partial charge in [0.2, 0.25) is 5.91 Å². The molecule has 2 aliphatic rings. The Morgan fingerprint density at radius 1 is 1.31 bits per heavy atom. The predicted octanol–water partition coefficient (Wildman–Crippen LogP) is 0.362. The molecule has 0 bridgehead atoms. The lowest BCUT2D eigenvalue weighted by molar-refractivity contribution is -0.120. The van der Waals surface area contributed by atoms with Gasteiger partial charge in [-0.2, -0.15) is 11.8 Å². The zero-order chi connectivity index (χ0) is 9.15. The largest absolute Gasteiger partial charge is 0.354 e. The van der Waals surface area contributed by atoms with Crippen molar-refractivity contribution < 1.29 is 4.79 Å². The van der Waals surface area contributed by atoms with E-state index in [4.69, 9.17) is 0 Å². The van der Waals surface area contributed by atoms with Gasteiger partial charge >= 0.3 is 0 Å². The van der Waals surface area contributed by atoms with E-state index < -0.39 is 0 Å². The fourth-order valence-corrected chi connectivity index (χ4v) is 3.25. The second-order valence-corrected chi connectivity index (χ2v) is 5.07. The highest BCUT2D eigenvalue weighted by molar-refractivity contribution is 7.99. The molecule has 2 N–H and O–H groups in total. The summed E-state index contributed by atoms with van der Waals surface area (Å²) in [6.07, 6.45) is 3.02. The van der Waals surface area contributed by atoms with Crippen molar-refractivity contribution in [1.82, 2.24) is 10.6 Å². The number of hydrogen-bond acceptors (Lipinski definition) is 3. The van der Waals surface area contributed by atoms with Gasteiger partial charge in [0.05, 0.1) is 0 Å². The van der Waals surface area contributed by atoms with Crippen LogP contribution in [-0.2, 0) is 4.79 Å². The average Bonchev–Trinajstić information content (AvgIpc) is 2.32. The number of amides is 1. The average molecular weight is 200 g/mol. The first-order valence-electron chi connectivity index (χ1n) is 4.90. The van der Waals surface area contributed by atoms with E-state index in [0.717, 1.165) is 13.1 Å². The zero-order valence-electron chi connectivity index (χ0n) is 7.77. The van der Waals surface area contributed by atoms with Crippen LogP contribution in [0.3, 0.4) is 0 Å². The SMILES string of the molecule is O=C1CCNC2(CCSCC2)CN1. The van der Waals surface area contributed by atoms with Crippen molar-refractivity contribution in [2.75, 3.05) is 24.6 Å². The molecule has 1 amide bonds. The van der Waals surface area contributed by atoms with Gasteiger partial charge in [0.25, 0.3) is 0 Å². The molecule has 0 atom stereocenters. The third kappa shape index (κ3) is 2.17. The fourth-order valence-electron chi connectivity index (χ4n) is 1.98. The van der Waals surface area contributed by atoms with E-state index in [0.29, 0.717) is 6.42 Å². The molecule has 0 unspecified atom stereocenters. The van der Waals surface area contributed by atoms with Crippen LogP contribution >= 0.6 is 11.8 Å². The summed E-state index contributed by atoms with van der Waals surface area (Å²) in [5.41, 5.74) is 0.220. The van der Waals surface area contributed by atoms with Gasteiger partial charge in [0.1, 0.15) is 0 Å². The van der Waals surface area contributed by atoms with Crippen LogP contribution in [-0.4, -0.2) is 36.0 Å². The minimum Gasteiger partial charge on any atom is -0.354 e. The van der Waals surface area contributed by atoms with Crippen molar-refractivity contribution in [3.05, 3.63) is 0 Å². The van der Waals surface area contributed by atoms with Crippen LogP contribution in [0.15, 0.2) is 0 Å². The summed E-state index contributed by atoms with van der Waals surface area (Å²) < 4.78 is 0. The van der Waals surface area contributed by atoms with Crippen molar-refractivity contribution in [2.45, 2.75) is 24.8 Å². The van der Waals surface area contributed by atoms with E-state index in [1.165, 1.54) is 24.3 Å². The maximum atomic E-state index is 11.2. The topological polar surface area (TPSA) is 41.1 Å². The van der Waals surface area contributed by atoms with Gasteiger partial charge in [-0.05, 0) is 24.3 Å². The molecule has 2 fully saturated rings. The van der Waals surface area contributed by atoms with E-state index in [1.54, 1.807) is 0 Å². The highest BCUT2D eigenvalue weighted by Crippen LogP contribution is 2.27. The Bertz CT molecular complexity index is 202. The smallest absolute Gasteiger partial charge is 0.221 e. The maximum Gasteiger partial charge on any atom is 0.221 e. The zero-order valence-corrected chi connectivity index (χ0v) is 8.58. The lowest BCUT2D eigenvalue weighted by Gasteiger charge is -2.36. The minimum absolute atomic E-state index is 0.197. The predicted molar refractivity (Wildman–Crippen MR) is 54.9 cm³/mol. The van der Waals surface area contributed by atoms with Gasteiger partial charge in [-0.3, -0.25) is 4.79 Å². The molecule has 0 saturated carbocycles. The molecule has 0 aromatic heterocycles. The molecular formula is C9H16N2OS. The van der Waals surface area contributed by atoms with Gasteiger partial charge in [-0.25, -0.2) is 0 Å². The fraction of sp³-hybridized carbons (Fsp3) is 0.889. The van der Waals surface area contributed by atoms with Crippen molar-refractivity contribution in [1.29, 1.82) is 0 Å². The summed E-state index contributed by atoms with van der Waals surface area (Å²) in [4.78, 5) is 11.2. The van der Waals surface area contributed by atoms with E-state index in [-0.39, 0.29) is 11.4 Å². The molecule has 74 valence electrons. The summed E-state index contributed by atoms with van der Waals surface area (Å²) in [6, 6.07) is 0. The Balaban J connectivity index is 1.99. The standard InChI is InChI=1S/C9H16N2OS/c12-8-1-4-11-9(7-10-8)2-5-13-6-3-9/h11H,1-7H2,(H,10,12). The normalized spacial score (nSPS) is 28.2. The second-order valence-electron chi connectivity index (χ2n) is 3.85. The molecule has 4 heteroatoms. The molecule has 0 aromatic rings. The molecule has 13 heavy (non-hydrogen) atoms. The summed E-state index contributed by atoms with van der Waals surface area (Å²) in [6.45, 7) is 1.67. The number of nitrogens with one attached hydrogen (secondary N) is 2. The number of rotatable bonds is 0. The lowest BCUT2D eigenvalue weighted by atomic mass is 9.92. The Morgan fingerprint density at radius 2 is 2.08 bits per heavy atom. The first kappa shape index (κ1) is 9.34. The maximum absolute atomic E-state index is 11.2. The van der Waals surface area contributed by atoms with Crippen LogP contribution in [0.4, 0.5) is 0 Å². The lowest BCUT2D eigenvalue weighted by Crippen LogP contribution is -2.53. The van der Waals surface area contributed by atoms with Crippen LogP contribution in [0, 0.1) is 0 Å². The molecule has 0 radical (unpaired) electrons. The summed E-state index contributed by atoms with van der Waals surface area (Å²) in [5.74, 6) is 2.65. The van der Waals surface area contributed by atoms with Crippen LogP contribution in [0.1, 0.15) is 19.3 Å². The third-order valence-corrected chi connectivity index (χ3v) is 3.91. The van der Waals surface area contributed by atoms with Crippen LogP contribution < -0.4 is 10.6 Å². The van der Waals surface area contributed by atoms with Gasteiger partial charge in [0.15, 0.2) is 0 Å². The van der Waals surface area contributed by atoms with Gasteiger partial charge in [-0.1, -0.05) is 0 Å². The van der Waals surface area contributed by atoms with Crippen LogP contribution in [0.2, 0.25) is 0 Å². The first-order chi connectivity index (χ1) is 6.31. The van der Waals surface area contributed by atoms with Crippen LogP contribution in [0.25, 0.3) is 0 Å². The molecule has 0 aromatic carbocycles. The molecule has 0 aliphatic carbocycles. The first-order valence-corrected chi connectivity index (χ1v) is 6.06. The van der Waals surface area contributed by atoms with Gasteiger partial charge in [0, 0.05) is 25.0 Å². The highest BCUT2D eigenvalue weighted by Gasteiger charge is 2.33. The number of hydrogen-bond donors (Lipinski definition) is 2. The van der Waals surface area contributed by atoms with E-state index in [9.17, 15) is 4.79 Å². The Hall–Kier alpha value is -0.220. The van der Waals surface area contributed by atoms with Gasteiger partial charge < -0.3 is 10.6 Å². The molecule has 2 heterocycles. The molecule has 2 aliphatic heterocycles. The molecule has 2 rings (SSSR count). The number of thioether (sulfide) groups is 1. The third-order valence-electron chi connectivity index (χ3n) is 2.93. The second kappa shape index (κ2) is 3.88. The van der Waals surface area contributed by atoms with E-state index in [2.05, 4.69) is 10.6 Å². The van der Waals surface area contributed by atoms with E-state index in [1.807, 2.05) is 11.8 Å². The monoisotopic (exact) mass is 200 g/mol. The van der Waals surface area contributed by atoms with E-state index >= 15 is 0 Å². The van der Waals surface area contributed by atoms with Crippen LogP contribution in [0.5, 0.6) is 0 Å². The number of carbonyl (C=O) groups is 1. The summed E-state index contributed by atoms with van der Waals surface area (Å²) >= 11 is 2.02. The van der Waals surface area contributed by atoms with Crippen molar-refractivity contribution in [2.24, 2.45) is 0 Å². The Morgan fingerprint density at radius 3 is 2.85 bits per heavy atom. The van der Waals surface area contributed by atoms with Gasteiger partial charge in [-0.15, -0.1) is 0 Å². The Kier molecular flexibility index (Phi) is 2.79. The van der Waals surface area contributed by atoms with Crippen molar-refractivity contribution >= 4 is 17.7 Å². The molecule has 1 spiro atoms. The Labute approximate surface area is 83.0 Å². The molecule has 3 nitrogen and oxygen atoms in total. The minimum atomic E-state index is 0.197. The molecular weight excluding hydrogens is 184 g/mol. The quantitative estimate of drug-likeness (QED) is 0.593. The van der Waals surface area contributed by atoms with Crippen molar-refractivity contribution in [3.8, 4) is 0 Å². The summed E-state index contributed by atoms with van der Waals surface area (Å²) in [7, 11) is 0. The highest BCUT2D eigenvalue weighted by atomic mass is 32.2. The van der Waals surface area contributed by atoms with Crippen molar-refractivity contribution in [3.63, 3.8) is 0 Å². The summed E-state index contributed by atoms with van der Waals surface area (Å²) in [5, 5.41) is 6.53. The number of carbonyl (C=O) groups excluding carboxylic acids is 1. The molecule has 2 saturated heterocycles.